The number of carbonyl (C=O) groups is 1. The Morgan fingerprint density at radius 3 is 2.74 bits per heavy atom. The van der Waals surface area contributed by atoms with Gasteiger partial charge in [-0.15, -0.1) is 0 Å². The van der Waals surface area contributed by atoms with Crippen molar-refractivity contribution in [3.05, 3.63) is 82.7 Å². The van der Waals surface area contributed by atoms with Gasteiger partial charge in [-0.05, 0) is 65.8 Å². The fraction of sp³-hybridized carbons (Fsp3) is 0.360. The molecule has 2 atom stereocenters. The smallest absolute Gasteiger partial charge is 0.254 e. The van der Waals surface area contributed by atoms with Gasteiger partial charge in [0, 0.05) is 31.1 Å². The second kappa shape index (κ2) is 8.29. The summed E-state index contributed by atoms with van der Waals surface area (Å²) in [5.74, 6) is 0.00230. The zero-order valence-electron chi connectivity index (χ0n) is 17.7. The predicted octanol–water partition coefficient (Wildman–Crippen LogP) is 3.13. The van der Waals surface area contributed by atoms with Crippen molar-refractivity contribution in [2.75, 3.05) is 13.2 Å². The van der Waals surface area contributed by atoms with Crippen LogP contribution in [-0.2, 0) is 24.1 Å². The van der Waals surface area contributed by atoms with Gasteiger partial charge in [-0.1, -0.05) is 25.1 Å². The van der Waals surface area contributed by atoms with E-state index in [0.717, 1.165) is 29.7 Å². The van der Waals surface area contributed by atoms with Gasteiger partial charge in [0.1, 0.15) is 0 Å². The number of aromatic nitrogens is 2. The largest absolute Gasteiger partial charge is 0.391 e. The summed E-state index contributed by atoms with van der Waals surface area (Å²) in [5.41, 5.74) is 6.49. The molecular formula is C25H27N3O3. The topological polar surface area (TPSA) is 67.6 Å². The van der Waals surface area contributed by atoms with E-state index in [1.165, 1.54) is 16.7 Å². The highest BCUT2D eigenvalue weighted by Crippen LogP contribution is 2.31. The van der Waals surface area contributed by atoms with E-state index in [9.17, 15) is 9.90 Å². The number of nitrogens with zero attached hydrogens (tertiary/aromatic N) is 3. The van der Waals surface area contributed by atoms with Crippen molar-refractivity contribution in [3.8, 4) is 5.69 Å². The second-order valence-corrected chi connectivity index (χ2v) is 8.36. The van der Waals surface area contributed by atoms with Crippen LogP contribution < -0.4 is 0 Å². The fourth-order valence-electron chi connectivity index (χ4n) is 4.66. The van der Waals surface area contributed by atoms with Gasteiger partial charge in [-0.3, -0.25) is 4.79 Å². The highest BCUT2D eigenvalue weighted by Gasteiger charge is 2.38. The van der Waals surface area contributed by atoms with E-state index in [0.29, 0.717) is 26.2 Å². The summed E-state index contributed by atoms with van der Waals surface area (Å²) < 4.78 is 7.38. The number of hydrogen-bond donors (Lipinski definition) is 1. The molecule has 0 bridgehead atoms. The molecule has 2 aromatic carbocycles. The molecule has 0 saturated carbocycles. The summed E-state index contributed by atoms with van der Waals surface area (Å²) >= 11 is 0. The van der Waals surface area contributed by atoms with Crippen LogP contribution in [0.4, 0.5) is 0 Å². The fourth-order valence-corrected chi connectivity index (χ4v) is 4.66. The number of amides is 1. The molecule has 2 aliphatic heterocycles. The SMILES string of the molecule is CCc1cc2c(cc1Cc1ccc(-n3cccn3)cc1)C(=O)N(C1COCCC1O)C2. The van der Waals surface area contributed by atoms with Crippen molar-refractivity contribution in [1.29, 1.82) is 0 Å². The third kappa shape index (κ3) is 3.77. The number of hydrogen-bond acceptors (Lipinski definition) is 4. The van der Waals surface area contributed by atoms with Gasteiger partial charge >= 0.3 is 0 Å². The van der Waals surface area contributed by atoms with Crippen LogP contribution in [0.1, 0.15) is 46.0 Å². The normalized spacial score (nSPS) is 20.8. The van der Waals surface area contributed by atoms with Crippen LogP contribution in [0.25, 0.3) is 5.69 Å². The lowest BCUT2D eigenvalue weighted by Crippen LogP contribution is -2.49. The molecule has 1 amide bonds. The maximum absolute atomic E-state index is 13.2. The molecule has 1 saturated heterocycles. The first-order valence-corrected chi connectivity index (χ1v) is 10.9. The summed E-state index contributed by atoms with van der Waals surface area (Å²) in [7, 11) is 0. The Morgan fingerprint density at radius 1 is 1.19 bits per heavy atom. The molecule has 1 N–H and O–H groups in total. The van der Waals surface area contributed by atoms with Crippen LogP contribution in [0.3, 0.4) is 0 Å². The van der Waals surface area contributed by atoms with Gasteiger partial charge in [0.2, 0.25) is 0 Å². The maximum atomic E-state index is 13.2. The monoisotopic (exact) mass is 417 g/mol. The summed E-state index contributed by atoms with van der Waals surface area (Å²) in [5, 5.41) is 14.7. The van der Waals surface area contributed by atoms with Gasteiger partial charge in [0.15, 0.2) is 0 Å². The van der Waals surface area contributed by atoms with Gasteiger partial charge in [-0.2, -0.15) is 5.10 Å². The molecule has 1 aromatic heterocycles. The van der Waals surface area contributed by atoms with Crippen molar-refractivity contribution < 1.29 is 14.6 Å². The van der Waals surface area contributed by atoms with Crippen LogP contribution >= 0.6 is 0 Å². The molecule has 6 nitrogen and oxygen atoms in total. The number of rotatable bonds is 5. The second-order valence-electron chi connectivity index (χ2n) is 8.36. The average molecular weight is 418 g/mol. The highest BCUT2D eigenvalue weighted by atomic mass is 16.5. The summed E-state index contributed by atoms with van der Waals surface area (Å²) in [6.45, 7) is 3.65. The van der Waals surface area contributed by atoms with Crippen molar-refractivity contribution in [1.82, 2.24) is 14.7 Å². The van der Waals surface area contributed by atoms with Gasteiger partial charge < -0.3 is 14.7 Å². The molecule has 160 valence electrons. The number of aliphatic hydroxyl groups excluding tert-OH is 1. The zero-order valence-corrected chi connectivity index (χ0v) is 17.7. The third-order valence-electron chi connectivity index (χ3n) is 6.43. The number of ether oxygens (including phenoxy) is 1. The number of aliphatic hydroxyl groups is 1. The van der Waals surface area contributed by atoms with Gasteiger partial charge in [0.25, 0.3) is 5.91 Å². The van der Waals surface area contributed by atoms with Crippen LogP contribution in [0.15, 0.2) is 54.9 Å². The van der Waals surface area contributed by atoms with Crippen molar-refractivity contribution >= 4 is 5.91 Å². The quantitative estimate of drug-likeness (QED) is 0.693. The first-order chi connectivity index (χ1) is 15.1. The maximum Gasteiger partial charge on any atom is 0.254 e. The lowest BCUT2D eigenvalue weighted by Gasteiger charge is -2.34. The lowest BCUT2D eigenvalue weighted by atomic mass is 9.93. The molecule has 3 aromatic rings. The summed E-state index contributed by atoms with van der Waals surface area (Å²) in [4.78, 5) is 15.0. The third-order valence-corrected chi connectivity index (χ3v) is 6.43. The molecule has 0 radical (unpaired) electrons. The Hall–Kier alpha value is -2.96. The van der Waals surface area contributed by atoms with Gasteiger partial charge in [0.05, 0.1) is 24.4 Å². The van der Waals surface area contributed by atoms with Crippen molar-refractivity contribution in [2.45, 2.75) is 44.9 Å². The van der Waals surface area contributed by atoms with Crippen molar-refractivity contribution in [2.24, 2.45) is 0 Å². The number of benzene rings is 2. The Kier molecular flexibility index (Phi) is 5.34. The Morgan fingerprint density at radius 2 is 2.03 bits per heavy atom. The summed E-state index contributed by atoms with van der Waals surface area (Å²) in [6, 6.07) is 14.3. The molecule has 5 rings (SSSR count). The van der Waals surface area contributed by atoms with Crippen LogP contribution in [0.5, 0.6) is 0 Å². The minimum atomic E-state index is -0.523. The lowest BCUT2D eigenvalue weighted by molar-refractivity contribution is -0.0528. The molecule has 0 aliphatic carbocycles. The minimum Gasteiger partial charge on any atom is -0.391 e. The molecule has 2 aliphatic rings. The molecular weight excluding hydrogens is 390 g/mol. The minimum absolute atomic E-state index is 0.00230. The van der Waals surface area contributed by atoms with E-state index in [1.54, 1.807) is 11.1 Å². The zero-order chi connectivity index (χ0) is 21.4. The molecule has 3 heterocycles. The first kappa shape index (κ1) is 20.0. The highest BCUT2D eigenvalue weighted by molar-refractivity contribution is 5.99. The van der Waals surface area contributed by atoms with E-state index in [-0.39, 0.29) is 11.9 Å². The van der Waals surface area contributed by atoms with Crippen LogP contribution in [0.2, 0.25) is 0 Å². The predicted molar refractivity (Wildman–Crippen MR) is 117 cm³/mol. The first-order valence-electron chi connectivity index (χ1n) is 10.9. The van der Waals surface area contributed by atoms with E-state index in [4.69, 9.17) is 4.74 Å². The molecule has 31 heavy (non-hydrogen) atoms. The number of aryl methyl sites for hydroxylation is 1. The van der Waals surface area contributed by atoms with E-state index >= 15 is 0 Å². The van der Waals surface area contributed by atoms with Crippen LogP contribution in [-0.4, -0.2) is 51.1 Å². The Bertz CT molecular complexity index is 1080. The van der Waals surface area contributed by atoms with E-state index in [2.05, 4.69) is 48.4 Å². The molecule has 1 fully saturated rings. The molecule has 6 heteroatoms. The van der Waals surface area contributed by atoms with Crippen molar-refractivity contribution in [3.63, 3.8) is 0 Å². The number of carbonyl (C=O) groups excluding carboxylic acids is 1. The Balaban J connectivity index is 1.39. The molecule has 2 unspecified atom stereocenters. The van der Waals surface area contributed by atoms with E-state index in [1.807, 2.05) is 16.9 Å². The Labute approximate surface area is 182 Å². The standard InChI is InChI=1S/C25H27N3O3/c1-2-18-13-20-15-27(23-16-31-11-8-24(23)29)25(30)22(20)14-19(18)12-17-4-6-21(7-5-17)28-10-3-9-26-28/h3-7,9-10,13-14,23-24,29H,2,8,11-12,15-16H2,1H3. The van der Waals surface area contributed by atoms with Gasteiger partial charge in [-0.25, -0.2) is 4.68 Å². The summed E-state index contributed by atoms with van der Waals surface area (Å²) in [6.07, 6.45) is 5.44. The van der Waals surface area contributed by atoms with E-state index < -0.39 is 6.10 Å². The molecule has 0 spiro atoms. The van der Waals surface area contributed by atoms with Crippen LogP contribution in [0, 0.1) is 0 Å². The number of fused-ring (bicyclic) bond motifs is 1. The average Bonchev–Trinajstić information content (AvgIpc) is 3.43.